The first-order valence-electron chi connectivity index (χ1n) is 9.94. The van der Waals surface area contributed by atoms with Crippen molar-refractivity contribution in [2.24, 2.45) is 0 Å². The molecule has 0 radical (unpaired) electrons. The highest BCUT2D eigenvalue weighted by Gasteiger charge is 2.48. The molecule has 2 aromatic rings. The fourth-order valence-electron chi connectivity index (χ4n) is 3.41. The van der Waals surface area contributed by atoms with Gasteiger partial charge in [-0.05, 0) is 53.7 Å². The van der Waals surface area contributed by atoms with Crippen LogP contribution in [-0.4, -0.2) is 23.6 Å². The monoisotopic (exact) mass is 426 g/mol. The van der Waals surface area contributed by atoms with Crippen LogP contribution in [0.3, 0.4) is 0 Å². The molecule has 7 heteroatoms. The molecule has 0 N–H and O–H groups in total. The number of hydrogen-bond acceptors (Lipinski definition) is 7. The number of hydrogen-bond donors (Lipinski definition) is 0. The van der Waals surface area contributed by atoms with Gasteiger partial charge in [0.1, 0.15) is 16.9 Å². The molecule has 0 amide bonds. The van der Waals surface area contributed by atoms with Crippen LogP contribution in [-0.2, 0) is 19.1 Å². The van der Waals surface area contributed by atoms with Crippen LogP contribution in [0.4, 0.5) is 0 Å². The number of fused-ring (bicyclic) bond motifs is 2. The highest BCUT2D eigenvalue weighted by molar-refractivity contribution is 5.85. The van der Waals surface area contributed by atoms with E-state index >= 15 is 0 Å². The highest BCUT2D eigenvalue weighted by atomic mass is 16.6. The quantitative estimate of drug-likeness (QED) is 0.407. The lowest BCUT2D eigenvalue weighted by molar-refractivity contribution is -0.184. The smallest absolute Gasteiger partial charge is 0.336 e. The van der Waals surface area contributed by atoms with Crippen LogP contribution in [0.15, 0.2) is 56.8 Å². The molecular weight excluding hydrogens is 400 g/mol. The zero-order valence-corrected chi connectivity index (χ0v) is 18.5. The first-order valence-corrected chi connectivity index (χ1v) is 9.94. The molecule has 7 nitrogen and oxygen atoms in total. The van der Waals surface area contributed by atoms with E-state index in [-0.39, 0.29) is 0 Å². The van der Waals surface area contributed by atoms with Crippen molar-refractivity contribution in [1.82, 2.24) is 0 Å². The maximum atomic E-state index is 12.5. The summed E-state index contributed by atoms with van der Waals surface area (Å²) in [7, 11) is 0. The predicted octanol–water partition coefficient (Wildman–Crippen LogP) is 4.39. The molecule has 2 atom stereocenters. The van der Waals surface area contributed by atoms with Gasteiger partial charge in [0.2, 0.25) is 0 Å². The van der Waals surface area contributed by atoms with Gasteiger partial charge in [-0.2, -0.15) is 0 Å². The number of esters is 2. The third-order valence-electron chi connectivity index (χ3n) is 4.69. The van der Waals surface area contributed by atoms with E-state index in [2.05, 4.69) is 0 Å². The van der Waals surface area contributed by atoms with E-state index in [1.54, 1.807) is 59.7 Å². The van der Waals surface area contributed by atoms with Gasteiger partial charge in [0.25, 0.3) is 0 Å². The summed E-state index contributed by atoms with van der Waals surface area (Å²) < 4.78 is 22.8. The number of carbonyl (C=O) groups excluding carboxylic acids is 2. The van der Waals surface area contributed by atoms with E-state index in [0.717, 1.165) is 11.1 Å². The molecular formula is C24H26O7. The van der Waals surface area contributed by atoms with Gasteiger partial charge in [0.05, 0.1) is 0 Å². The Morgan fingerprint density at radius 3 is 2.19 bits per heavy atom. The number of rotatable bonds is 4. The first-order chi connectivity index (χ1) is 14.5. The van der Waals surface area contributed by atoms with Gasteiger partial charge in [0, 0.05) is 35.2 Å². The molecule has 0 unspecified atom stereocenters. The summed E-state index contributed by atoms with van der Waals surface area (Å²) in [6.07, 6.45) is 0.908. The topological polar surface area (TPSA) is 92.0 Å². The van der Waals surface area contributed by atoms with Crippen LogP contribution < -0.4 is 10.4 Å². The van der Waals surface area contributed by atoms with Crippen molar-refractivity contribution in [3.05, 3.63) is 63.5 Å². The Morgan fingerprint density at radius 2 is 1.58 bits per heavy atom. The van der Waals surface area contributed by atoms with E-state index < -0.39 is 35.4 Å². The SMILES string of the molecule is CC(C)=CC(=O)O[C@@H]1[C@@H](OC(=O)C=C(C)C)c2cc3ccc(=O)oc3cc2OC1(C)C. The Bertz CT molecular complexity index is 1140. The van der Waals surface area contributed by atoms with E-state index in [1.807, 2.05) is 0 Å². The summed E-state index contributed by atoms with van der Waals surface area (Å²) >= 11 is 0. The summed E-state index contributed by atoms with van der Waals surface area (Å²) in [5.41, 5.74) is 0.899. The van der Waals surface area contributed by atoms with E-state index in [1.165, 1.54) is 18.2 Å². The lowest BCUT2D eigenvalue weighted by Crippen LogP contribution is -2.52. The maximum Gasteiger partial charge on any atom is 0.336 e. The number of carbonyl (C=O) groups is 2. The summed E-state index contributed by atoms with van der Waals surface area (Å²) in [4.78, 5) is 36.5. The van der Waals surface area contributed by atoms with Crippen molar-refractivity contribution < 1.29 is 28.2 Å². The van der Waals surface area contributed by atoms with Crippen LogP contribution in [0, 0.1) is 0 Å². The molecule has 0 saturated carbocycles. The maximum absolute atomic E-state index is 12.5. The molecule has 3 rings (SSSR count). The summed E-state index contributed by atoms with van der Waals surface area (Å²) in [5.74, 6) is -0.729. The second-order valence-corrected chi connectivity index (χ2v) is 8.55. The molecule has 0 spiro atoms. The molecule has 1 aliphatic rings. The number of allylic oxidation sites excluding steroid dienone is 2. The van der Waals surface area contributed by atoms with Crippen LogP contribution in [0.5, 0.6) is 5.75 Å². The molecule has 2 heterocycles. The van der Waals surface area contributed by atoms with Crippen LogP contribution >= 0.6 is 0 Å². The lowest BCUT2D eigenvalue weighted by atomic mass is 9.87. The van der Waals surface area contributed by atoms with E-state index in [9.17, 15) is 14.4 Å². The van der Waals surface area contributed by atoms with Gasteiger partial charge >= 0.3 is 17.6 Å². The fourth-order valence-corrected chi connectivity index (χ4v) is 3.41. The highest BCUT2D eigenvalue weighted by Crippen LogP contribution is 2.45. The van der Waals surface area contributed by atoms with Gasteiger partial charge < -0.3 is 18.6 Å². The normalized spacial score (nSPS) is 18.9. The Kier molecular flexibility index (Phi) is 6.06. The van der Waals surface area contributed by atoms with Crippen molar-refractivity contribution in [3.63, 3.8) is 0 Å². The summed E-state index contributed by atoms with van der Waals surface area (Å²) in [6.45, 7) is 10.6. The van der Waals surface area contributed by atoms with Gasteiger partial charge in [0.15, 0.2) is 12.2 Å². The van der Waals surface area contributed by atoms with E-state index in [0.29, 0.717) is 22.3 Å². The molecule has 1 aliphatic heterocycles. The van der Waals surface area contributed by atoms with Gasteiger partial charge in [-0.3, -0.25) is 0 Å². The van der Waals surface area contributed by atoms with Gasteiger partial charge in [-0.1, -0.05) is 11.1 Å². The van der Waals surface area contributed by atoms with Crippen LogP contribution in [0.25, 0.3) is 11.0 Å². The average Bonchev–Trinajstić information content (AvgIpc) is 2.61. The number of ether oxygens (including phenoxy) is 3. The first kappa shape index (κ1) is 22.3. The van der Waals surface area contributed by atoms with Crippen molar-refractivity contribution in [3.8, 4) is 5.75 Å². The Morgan fingerprint density at radius 1 is 0.968 bits per heavy atom. The lowest BCUT2D eigenvalue weighted by Gasteiger charge is -2.43. The second-order valence-electron chi connectivity index (χ2n) is 8.55. The zero-order chi connectivity index (χ0) is 22.9. The minimum atomic E-state index is -1.03. The van der Waals surface area contributed by atoms with Crippen LogP contribution in [0.2, 0.25) is 0 Å². The summed E-state index contributed by atoms with van der Waals surface area (Å²) in [5, 5.41) is 0.624. The van der Waals surface area contributed by atoms with Gasteiger partial charge in [-0.15, -0.1) is 0 Å². The third-order valence-corrected chi connectivity index (χ3v) is 4.69. The minimum absolute atomic E-state index is 0.344. The second kappa shape index (κ2) is 8.41. The largest absolute Gasteiger partial charge is 0.483 e. The molecule has 0 aliphatic carbocycles. The molecule has 0 fully saturated rings. The Labute approximate surface area is 180 Å². The summed E-state index contributed by atoms with van der Waals surface area (Å²) in [6, 6.07) is 6.22. The predicted molar refractivity (Wildman–Crippen MR) is 115 cm³/mol. The fraction of sp³-hybridized carbons (Fsp3) is 0.375. The number of benzene rings is 1. The molecule has 164 valence electrons. The van der Waals surface area contributed by atoms with Gasteiger partial charge in [-0.25, -0.2) is 14.4 Å². The Hall–Kier alpha value is -3.35. The zero-order valence-electron chi connectivity index (χ0n) is 18.5. The molecule has 0 bridgehead atoms. The van der Waals surface area contributed by atoms with Crippen molar-refractivity contribution >= 4 is 22.9 Å². The van der Waals surface area contributed by atoms with Crippen molar-refractivity contribution in [2.45, 2.75) is 59.4 Å². The molecule has 0 saturated heterocycles. The van der Waals surface area contributed by atoms with Crippen LogP contribution in [0.1, 0.15) is 53.2 Å². The minimum Gasteiger partial charge on any atom is -0.483 e. The standard InChI is InChI=1S/C24H26O7/c1-13(2)9-20(26)29-22-16-11-15-7-8-19(25)28-17(15)12-18(16)31-24(5,6)23(22)30-21(27)10-14(3)4/h7-12,22-23H,1-6H3/t22-,23+/m0/s1. The van der Waals surface area contributed by atoms with Crippen molar-refractivity contribution in [2.75, 3.05) is 0 Å². The molecule has 1 aromatic carbocycles. The molecule has 31 heavy (non-hydrogen) atoms. The average molecular weight is 426 g/mol. The van der Waals surface area contributed by atoms with Crippen molar-refractivity contribution in [1.29, 1.82) is 0 Å². The Balaban J connectivity index is 2.14. The third kappa shape index (κ3) is 5.05. The molecule has 1 aromatic heterocycles. The van der Waals surface area contributed by atoms with E-state index in [4.69, 9.17) is 18.6 Å².